The van der Waals surface area contributed by atoms with E-state index >= 15 is 0 Å². The van der Waals surface area contributed by atoms with E-state index in [9.17, 15) is 0 Å². The Labute approximate surface area is 104 Å². The van der Waals surface area contributed by atoms with E-state index in [-0.39, 0.29) is 11.6 Å². The van der Waals surface area contributed by atoms with Crippen LogP contribution in [0.4, 0.5) is 0 Å². The van der Waals surface area contributed by atoms with Gasteiger partial charge in [-0.05, 0) is 54.7 Å². The number of ether oxygens (including phenoxy) is 1. The van der Waals surface area contributed by atoms with Crippen LogP contribution in [0, 0.1) is 0 Å². The maximum atomic E-state index is 5.78. The summed E-state index contributed by atoms with van der Waals surface area (Å²) < 4.78 is 6.94. The SMILES string of the molecule is CNC(COC(C)(C)C)c1cscc1Br. The Hall–Kier alpha value is 0.100. The number of hydrogen-bond donors (Lipinski definition) is 1. The second kappa shape index (κ2) is 5.43. The first-order chi connectivity index (χ1) is 6.94. The Morgan fingerprint density at radius 3 is 2.53 bits per heavy atom. The van der Waals surface area contributed by atoms with Crippen LogP contribution in [0.15, 0.2) is 15.2 Å². The minimum Gasteiger partial charge on any atom is -0.374 e. The standard InChI is InChI=1S/C11H18BrNOS/c1-11(2,3)14-5-10(13-4)8-6-15-7-9(8)12/h6-7,10,13H,5H2,1-4H3. The highest BCUT2D eigenvalue weighted by Crippen LogP contribution is 2.28. The van der Waals surface area contributed by atoms with Crippen molar-refractivity contribution in [1.29, 1.82) is 0 Å². The first kappa shape index (κ1) is 13.2. The van der Waals surface area contributed by atoms with E-state index in [2.05, 4.69) is 52.8 Å². The molecule has 0 aromatic carbocycles. The number of hydrogen-bond acceptors (Lipinski definition) is 3. The summed E-state index contributed by atoms with van der Waals surface area (Å²) in [6.07, 6.45) is 0. The molecule has 4 heteroatoms. The maximum Gasteiger partial charge on any atom is 0.0669 e. The van der Waals surface area contributed by atoms with Gasteiger partial charge < -0.3 is 10.1 Å². The van der Waals surface area contributed by atoms with Gasteiger partial charge >= 0.3 is 0 Å². The highest BCUT2D eigenvalue weighted by molar-refractivity contribution is 9.10. The topological polar surface area (TPSA) is 21.3 Å². The third kappa shape index (κ3) is 4.23. The van der Waals surface area contributed by atoms with E-state index in [1.54, 1.807) is 11.3 Å². The molecule has 1 aromatic heterocycles. The molecule has 1 atom stereocenters. The van der Waals surface area contributed by atoms with E-state index in [4.69, 9.17) is 4.74 Å². The minimum atomic E-state index is -0.0857. The summed E-state index contributed by atoms with van der Waals surface area (Å²) in [5, 5.41) is 7.51. The van der Waals surface area contributed by atoms with E-state index in [1.807, 2.05) is 7.05 Å². The second-order valence-electron chi connectivity index (χ2n) is 4.44. The summed E-state index contributed by atoms with van der Waals surface area (Å²) in [4.78, 5) is 0. The summed E-state index contributed by atoms with van der Waals surface area (Å²) in [7, 11) is 1.96. The third-order valence-electron chi connectivity index (χ3n) is 2.05. The van der Waals surface area contributed by atoms with Crippen molar-refractivity contribution in [2.45, 2.75) is 32.4 Å². The number of halogens is 1. The molecular weight excluding hydrogens is 274 g/mol. The molecule has 0 aliphatic carbocycles. The fourth-order valence-corrected chi connectivity index (χ4v) is 2.83. The zero-order valence-corrected chi connectivity index (χ0v) is 12.0. The zero-order chi connectivity index (χ0) is 11.5. The van der Waals surface area contributed by atoms with Crippen LogP contribution in [0.3, 0.4) is 0 Å². The van der Waals surface area contributed by atoms with E-state index in [0.717, 1.165) is 4.47 Å². The first-order valence-corrected chi connectivity index (χ1v) is 6.70. The van der Waals surface area contributed by atoms with E-state index < -0.39 is 0 Å². The van der Waals surface area contributed by atoms with Crippen molar-refractivity contribution < 1.29 is 4.74 Å². The van der Waals surface area contributed by atoms with Gasteiger partial charge in [0.1, 0.15) is 0 Å². The molecule has 1 N–H and O–H groups in total. The highest BCUT2D eigenvalue weighted by atomic mass is 79.9. The summed E-state index contributed by atoms with van der Waals surface area (Å²) in [5.41, 5.74) is 1.18. The Kier molecular flexibility index (Phi) is 4.77. The largest absolute Gasteiger partial charge is 0.374 e. The van der Waals surface area contributed by atoms with Crippen molar-refractivity contribution >= 4 is 27.3 Å². The van der Waals surface area contributed by atoms with Crippen LogP contribution in [0.5, 0.6) is 0 Å². The van der Waals surface area contributed by atoms with Crippen molar-refractivity contribution in [2.24, 2.45) is 0 Å². The summed E-state index contributed by atoms with van der Waals surface area (Å²) in [6.45, 7) is 6.91. The predicted octanol–water partition coefficient (Wildman–Crippen LogP) is 3.59. The predicted molar refractivity (Wildman–Crippen MR) is 69.5 cm³/mol. The van der Waals surface area contributed by atoms with Gasteiger partial charge in [-0.15, -0.1) is 0 Å². The van der Waals surface area contributed by atoms with Gasteiger partial charge in [0.25, 0.3) is 0 Å². The lowest BCUT2D eigenvalue weighted by molar-refractivity contribution is -0.0139. The van der Waals surface area contributed by atoms with Crippen LogP contribution in [0.1, 0.15) is 32.4 Å². The lowest BCUT2D eigenvalue weighted by Gasteiger charge is -2.24. The molecule has 0 aliphatic rings. The van der Waals surface area contributed by atoms with Gasteiger partial charge in [0.15, 0.2) is 0 Å². The Bertz CT molecular complexity index is 306. The highest BCUT2D eigenvalue weighted by Gasteiger charge is 2.17. The maximum absolute atomic E-state index is 5.78. The minimum absolute atomic E-state index is 0.0857. The first-order valence-electron chi connectivity index (χ1n) is 4.97. The zero-order valence-electron chi connectivity index (χ0n) is 9.63. The van der Waals surface area contributed by atoms with Gasteiger partial charge in [0.05, 0.1) is 18.2 Å². The normalized spacial score (nSPS) is 14.2. The molecule has 1 heterocycles. The summed E-state index contributed by atoms with van der Waals surface area (Å²) in [5.74, 6) is 0. The molecule has 1 rings (SSSR count). The molecule has 0 radical (unpaired) electrons. The van der Waals surface area contributed by atoms with E-state index in [1.165, 1.54) is 5.56 Å². The fourth-order valence-electron chi connectivity index (χ4n) is 1.20. The van der Waals surface area contributed by atoms with Crippen molar-refractivity contribution in [2.75, 3.05) is 13.7 Å². The molecule has 0 fully saturated rings. The molecule has 0 saturated heterocycles. The second-order valence-corrected chi connectivity index (χ2v) is 6.04. The lowest BCUT2D eigenvalue weighted by atomic mass is 10.1. The average Bonchev–Trinajstić information content (AvgIpc) is 2.52. The van der Waals surface area contributed by atoms with Gasteiger partial charge in [-0.25, -0.2) is 0 Å². The Morgan fingerprint density at radius 1 is 1.47 bits per heavy atom. The number of likely N-dealkylation sites (N-methyl/N-ethyl adjacent to an activating group) is 1. The quantitative estimate of drug-likeness (QED) is 0.915. The summed E-state index contributed by atoms with van der Waals surface area (Å²) >= 11 is 5.24. The smallest absolute Gasteiger partial charge is 0.0669 e. The number of nitrogens with one attached hydrogen (secondary N) is 1. The molecule has 1 aromatic rings. The molecule has 0 spiro atoms. The molecule has 0 bridgehead atoms. The van der Waals surface area contributed by atoms with Crippen LogP contribution < -0.4 is 5.32 Å². The molecule has 2 nitrogen and oxygen atoms in total. The van der Waals surface area contributed by atoms with Crippen molar-refractivity contribution in [3.05, 3.63) is 20.8 Å². The lowest BCUT2D eigenvalue weighted by Crippen LogP contribution is -2.28. The van der Waals surface area contributed by atoms with E-state index in [0.29, 0.717) is 6.61 Å². The summed E-state index contributed by atoms with van der Waals surface area (Å²) in [6, 6.07) is 0.254. The molecule has 0 aliphatic heterocycles. The monoisotopic (exact) mass is 291 g/mol. The van der Waals surface area contributed by atoms with Crippen LogP contribution in [0.25, 0.3) is 0 Å². The average molecular weight is 292 g/mol. The van der Waals surface area contributed by atoms with Gasteiger partial charge in [-0.3, -0.25) is 0 Å². The molecule has 86 valence electrons. The molecule has 1 unspecified atom stereocenters. The molecule has 15 heavy (non-hydrogen) atoms. The Morgan fingerprint density at radius 2 is 2.13 bits per heavy atom. The van der Waals surface area contributed by atoms with Gasteiger partial charge in [0, 0.05) is 9.85 Å². The van der Waals surface area contributed by atoms with Gasteiger partial charge in [0.2, 0.25) is 0 Å². The van der Waals surface area contributed by atoms with Crippen molar-refractivity contribution in [1.82, 2.24) is 5.32 Å². The van der Waals surface area contributed by atoms with Crippen molar-refractivity contribution in [3.8, 4) is 0 Å². The van der Waals surface area contributed by atoms with Crippen LogP contribution in [0.2, 0.25) is 0 Å². The van der Waals surface area contributed by atoms with Gasteiger partial charge in [-0.2, -0.15) is 11.3 Å². The number of rotatable bonds is 4. The fraction of sp³-hybridized carbons (Fsp3) is 0.636. The Balaban J connectivity index is 2.61. The van der Waals surface area contributed by atoms with Crippen molar-refractivity contribution in [3.63, 3.8) is 0 Å². The number of thiophene rings is 1. The molecular formula is C11H18BrNOS. The molecule has 0 amide bonds. The van der Waals surface area contributed by atoms with Crippen LogP contribution in [-0.4, -0.2) is 19.3 Å². The van der Waals surface area contributed by atoms with Crippen LogP contribution >= 0.6 is 27.3 Å². The van der Waals surface area contributed by atoms with Crippen LogP contribution in [-0.2, 0) is 4.74 Å². The third-order valence-corrected chi connectivity index (χ3v) is 3.80. The van der Waals surface area contributed by atoms with Gasteiger partial charge in [-0.1, -0.05) is 0 Å². The molecule has 0 saturated carbocycles.